The van der Waals surface area contributed by atoms with Crippen LogP contribution >= 0.6 is 0 Å². The van der Waals surface area contributed by atoms with Crippen molar-refractivity contribution in [3.8, 4) is 0 Å². The van der Waals surface area contributed by atoms with E-state index >= 15 is 0 Å². The summed E-state index contributed by atoms with van der Waals surface area (Å²) >= 11 is 0. The van der Waals surface area contributed by atoms with Gasteiger partial charge < -0.3 is 0 Å². The van der Waals surface area contributed by atoms with Gasteiger partial charge in [-0.25, -0.2) is 9.18 Å². The van der Waals surface area contributed by atoms with E-state index in [-0.39, 0.29) is 0 Å². The molecule has 0 heterocycles. The van der Waals surface area contributed by atoms with Crippen LogP contribution in [0.1, 0.15) is 11.1 Å². The van der Waals surface area contributed by atoms with Crippen molar-refractivity contribution in [2.24, 2.45) is 4.99 Å². The fourth-order valence-electron chi connectivity index (χ4n) is 1.17. The van der Waals surface area contributed by atoms with Gasteiger partial charge in [-0.05, 0) is 24.6 Å². The molecular weight excluding hydrogens is 214 g/mol. The lowest BCUT2D eigenvalue weighted by Crippen LogP contribution is -2.09. The van der Waals surface area contributed by atoms with Crippen molar-refractivity contribution >= 4 is 11.8 Å². The number of hydrogen-bond acceptors (Lipinski definition) is 2. The predicted octanol–water partition coefficient (Wildman–Crippen LogP) is 3.12. The number of halogens is 4. The summed E-state index contributed by atoms with van der Waals surface area (Å²) in [7, 11) is 0. The van der Waals surface area contributed by atoms with Gasteiger partial charge in [-0.15, -0.1) is 0 Å². The average molecular weight is 219 g/mol. The highest BCUT2D eigenvalue weighted by Crippen LogP contribution is 2.39. The molecule has 1 aromatic rings. The van der Waals surface area contributed by atoms with Gasteiger partial charge >= 0.3 is 6.18 Å². The summed E-state index contributed by atoms with van der Waals surface area (Å²) in [5.74, 6) is -0.993. The fourth-order valence-corrected chi connectivity index (χ4v) is 1.17. The van der Waals surface area contributed by atoms with Crippen LogP contribution in [0.3, 0.4) is 0 Å². The van der Waals surface area contributed by atoms with Crippen LogP contribution in [0.2, 0.25) is 0 Å². The van der Waals surface area contributed by atoms with Crippen LogP contribution in [0.4, 0.5) is 23.2 Å². The van der Waals surface area contributed by atoms with Gasteiger partial charge in [0.2, 0.25) is 6.08 Å². The molecule has 0 radical (unpaired) electrons. The highest BCUT2D eigenvalue weighted by Gasteiger charge is 2.36. The Hall–Kier alpha value is -1.68. The lowest BCUT2D eigenvalue weighted by atomic mass is 10.1. The van der Waals surface area contributed by atoms with E-state index in [0.29, 0.717) is 0 Å². The first-order valence-corrected chi connectivity index (χ1v) is 3.82. The van der Waals surface area contributed by atoms with Crippen molar-refractivity contribution in [1.82, 2.24) is 0 Å². The molecule has 0 saturated heterocycles. The summed E-state index contributed by atoms with van der Waals surface area (Å²) < 4.78 is 50.3. The number of benzene rings is 1. The standard InChI is InChI=1S/C9H5F4NO/c1-5-6(10)2-3-7(14-4-15)8(5)9(11,12)13/h2-3H,1H3. The number of hydrogen-bond donors (Lipinski definition) is 0. The lowest BCUT2D eigenvalue weighted by Gasteiger charge is -2.12. The Bertz CT molecular complexity index is 432. The van der Waals surface area contributed by atoms with Gasteiger partial charge in [-0.3, -0.25) is 0 Å². The van der Waals surface area contributed by atoms with E-state index in [0.717, 1.165) is 25.1 Å². The van der Waals surface area contributed by atoms with E-state index in [1.807, 2.05) is 0 Å². The molecule has 1 aromatic carbocycles. The van der Waals surface area contributed by atoms with Crippen LogP contribution in [0.15, 0.2) is 17.1 Å². The first-order chi connectivity index (χ1) is 6.88. The normalized spacial score (nSPS) is 11.0. The maximum atomic E-state index is 12.9. The van der Waals surface area contributed by atoms with Gasteiger partial charge in [-0.1, -0.05) is 0 Å². The molecule has 80 valence electrons. The number of carbonyl (C=O) groups excluding carboxylic acids is 1. The predicted molar refractivity (Wildman–Crippen MR) is 43.9 cm³/mol. The van der Waals surface area contributed by atoms with Crippen LogP contribution < -0.4 is 0 Å². The molecule has 0 fully saturated rings. The molecular formula is C9H5F4NO. The number of alkyl halides is 3. The van der Waals surface area contributed by atoms with Crippen LogP contribution in [0.5, 0.6) is 0 Å². The van der Waals surface area contributed by atoms with Gasteiger partial charge in [0.25, 0.3) is 0 Å². The Morgan fingerprint density at radius 1 is 1.33 bits per heavy atom. The van der Waals surface area contributed by atoms with Crippen LogP contribution in [-0.2, 0) is 11.0 Å². The van der Waals surface area contributed by atoms with Crippen LogP contribution in [-0.4, -0.2) is 6.08 Å². The molecule has 6 heteroatoms. The number of rotatable bonds is 1. The third-order valence-corrected chi connectivity index (χ3v) is 1.83. The molecule has 0 aliphatic heterocycles. The second-order valence-corrected chi connectivity index (χ2v) is 2.77. The Kier molecular flexibility index (Phi) is 2.90. The molecule has 0 aliphatic carbocycles. The number of nitrogens with zero attached hydrogens (tertiary/aromatic N) is 1. The lowest BCUT2D eigenvalue weighted by molar-refractivity contribution is -0.137. The third-order valence-electron chi connectivity index (χ3n) is 1.83. The zero-order chi connectivity index (χ0) is 11.6. The van der Waals surface area contributed by atoms with E-state index in [1.165, 1.54) is 0 Å². The molecule has 0 spiro atoms. The molecule has 0 aromatic heterocycles. The quantitative estimate of drug-likeness (QED) is 0.405. The minimum absolute atomic E-state index is 0.584. The van der Waals surface area contributed by atoms with E-state index in [2.05, 4.69) is 4.99 Å². The maximum Gasteiger partial charge on any atom is 0.418 e. The van der Waals surface area contributed by atoms with Crippen LogP contribution in [0.25, 0.3) is 0 Å². The number of aliphatic imine (C=N–C) groups is 1. The van der Waals surface area contributed by atoms with Crippen LogP contribution in [0, 0.1) is 12.7 Å². The molecule has 0 saturated carbocycles. The molecule has 0 atom stereocenters. The highest BCUT2D eigenvalue weighted by molar-refractivity contribution is 5.57. The van der Waals surface area contributed by atoms with E-state index in [4.69, 9.17) is 0 Å². The van der Waals surface area contributed by atoms with Gasteiger partial charge in [0.05, 0.1) is 11.3 Å². The minimum atomic E-state index is -4.75. The molecule has 0 aliphatic rings. The minimum Gasteiger partial charge on any atom is -0.211 e. The molecule has 2 nitrogen and oxygen atoms in total. The Labute approximate surface area is 82.2 Å². The highest BCUT2D eigenvalue weighted by atomic mass is 19.4. The first-order valence-electron chi connectivity index (χ1n) is 3.82. The van der Waals surface area contributed by atoms with Gasteiger partial charge in [0, 0.05) is 0 Å². The fraction of sp³-hybridized carbons (Fsp3) is 0.222. The SMILES string of the molecule is Cc1c(F)ccc(N=C=O)c1C(F)(F)F. The topological polar surface area (TPSA) is 29.4 Å². The van der Waals surface area contributed by atoms with E-state index in [9.17, 15) is 22.4 Å². The monoisotopic (exact) mass is 219 g/mol. The van der Waals surface area contributed by atoms with E-state index < -0.39 is 28.8 Å². The summed E-state index contributed by atoms with van der Waals surface area (Å²) in [6.07, 6.45) is -3.75. The Balaban J connectivity index is 3.56. The van der Waals surface area contributed by atoms with Crippen molar-refractivity contribution in [3.63, 3.8) is 0 Å². The number of isocyanates is 1. The summed E-state index contributed by atoms with van der Waals surface area (Å²) in [4.78, 5) is 12.8. The zero-order valence-corrected chi connectivity index (χ0v) is 7.52. The van der Waals surface area contributed by atoms with Crippen molar-refractivity contribution in [2.45, 2.75) is 13.1 Å². The summed E-state index contributed by atoms with van der Waals surface area (Å²) in [6, 6.07) is 1.61. The van der Waals surface area contributed by atoms with Crippen molar-refractivity contribution in [3.05, 3.63) is 29.1 Å². The maximum absolute atomic E-state index is 12.9. The second kappa shape index (κ2) is 3.82. The van der Waals surface area contributed by atoms with Gasteiger partial charge in [0.15, 0.2) is 0 Å². The molecule has 0 N–H and O–H groups in total. The summed E-state index contributed by atoms with van der Waals surface area (Å²) in [5, 5.41) is 0. The molecule has 15 heavy (non-hydrogen) atoms. The smallest absolute Gasteiger partial charge is 0.211 e. The van der Waals surface area contributed by atoms with Crippen molar-refractivity contribution in [2.75, 3.05) is 0 Å². The average Bonchev–Trinajstić information content (AvgIpc) is 2.10. The van der Waals surface area contributed by atoms with Crippen molar-refractivity contribution in [1.29, 1.82) is 0 Å². The van der Waals surface area contributed by atoms with Crippen molar-refractivity contribution < 1.29 is 22.4 Å². The molecule has 1 rings (SSSR count). The van der Waals surface area contributed by atoms with Gasteiger partial charge in [0.1, 0.15) is 5.82 Å². The molecule has 0 amide bonds. The van der Waals surface area contributed by atoms with E-state index in [1.54, 1.807) is 0 Å². The van der Waals surface area contributed by atoms with Gasteiger partial charge in [-0.2, -0.15) is 18.2 Å². The second-order valence-electron chi connectivity index (χ2n) is 2.77. The summed E-state index contributed by atoms with van der Waals surface area (Å²) in [6.45, 7) is 0.974. The first kappa shape index (κ1) is 11.4. The molecule has 0 bridgehead atoms. The third kappa shape index (κ3) is 2.22. The summed E-state index contributed by atoms with van der Waals surface area (Å²) in [5.41, 5.74) is -2.46. The Morgan fingerprint density at radius 3 is 2.40 bits per heavy atom. The largest absolute Gasteiger partial charge is 0.418 e. The Morgan fingerprint density at radius 2 is 1.93 bits per heavy atom. The zero-order valence-electron chi connectivity index (χ0n) is 7.52. The molecule has 0 unspecified atom stereocenters.